The lowest BCUT2D eigenvalue weighted by molar-refractivity contribution is -0.122. The van der Waals surface area contributed by atoms with Gasteiger partial charge in [0.05, 0.1) is 12.2 Å². The van der Waals surface area contributed by atoms with Gasteiger partial charge in [-0.15, -0.1) is 11.3 Å². The maximum Gasteiger partial charge on any atom is 0.234 e. The molecular weight excluding hydrogens is 322 g/mol. The Morgan fingerprint density at radius 3 is 3.04 bits per heavy atom. The van der Waals surface area contributed by atoms with Crippen molar-refractivity contribution >= 4 is 23.1 Å². The van der Waals surface area contributed by atoms with Gasteiger partial charge in [0.1, 0.15) is 12.1 Å². The second-order valence-electron chi connectivity index (χ2n) is 6.16. The number of nitrogens with zero attached hydrogens (tertiary/aromatic N) is 4. The summed E-state index contributed by atoms with van der Waals surface area (Å²) in [5, 5.41) is 5.08. The number of hydrogen-bond donors (Lipinski definition) is 1. The molecule has 1 aliphatic heterocycles. The Balaban J connectivity index is 1.52. The van der Waals surface area contributed by atoms with Gasteiger partial charge >= 0.3 is 0 Å². The number of carbonyl (C=O) groups is 1. The smallest absolute Gasteiger partial charge is 0.234 e. The van der Waals surface area contributed by atoms with Crippen molar-refractivity contribution in [3.63, 3.8) is 0 Å². The third kappa shape index (κ3) is 4.10. The highest BCUT2D eigenvalue weighted by Crippen LogP contribution is 2.24. The average Bonchev–Trinajstić information content (AvgIpc) is 3.07. The monoisotopic (exact) mass is 345 g/mol. The molecule has 0 bridgehead atoms. The SMILES string of the molecule is CN(C)c1ncnc2c1CN(CC(=O)NCCc1cccs1)CC2. The van der Waals surface area contributed by atoms with E-state index >= 15 is 0 Å². The Labute approximate surface area is 146 Å². The summed E-state index contributed by atoms with van der Waals surface area (Å²) in [5.41, 5.74) is 2.24. The van der Waals surface area contributed by atoms with Gasteiger partial charge < -0.3 is 10.2 Å². The third-order valence-corrected chi connectivity index (χ3v) is 5.06. The van der Waals surface area contributed by atoms with E-state index in [2.05, 4.69) is 31.6 Å². The molecule has 0 saturated carbocycles. The number of fused-ring (bicyclic) bond motifs is 1. The van der Waals surface area contributed by atoms with Crippen LogP contribution in [0.5, 0.6) is 0 Å². The minimum absolute atomic E-state index is 0.0817. The summed E-state index contributed by atoms with van der Waals surface area (Å²) >= 11 is 1.73. The van der Waals surface area contributed by atoms with Crippen molar-refractivity contribution in [1.82, 2.24) is 20.2 Å². The van der Waals surface area contributed by atoms with Crippen LogP contribution in [0.1, 0.15) is 16.1 Å². The summed E-state index contributed by atoms with van der Waals surface area (Å²) < 4.78 is 0. The summed E-state index contributed by atoms with van der Waals surface area (Å²) in [4.78, 5) is 26.4. The van der Waals surface area contributed by atoms with Crippen LogP contribution in [0.15, 0.2) is 23.8 Å². The second-order valence-corrected chi connectivity index (χ2v) is 7.19. The fraction of sp³-hybridized carbons (Fsp3) is 0.471. The molecule has 7 heteroatoms. The number of aromatic nitrogens is 2. The topological polar surface area (TPSA) is 61.4 Å². The molecule has 128 valence electrons. The molecule has 3 heterocycles. The number of anilines is 1. The van der Waals surface area contributed by atoms with Crippen LogP contribution in [-0.2, 0) is 24.2 Å². The predicted octanol–water partition coefficient (Wildman–Crippen LogP) is 1.32. The number of rotatable bonds is 6. The first-order chi connectivity index (χ1) is 11.6. The van der Waals surface area contributed by atoms with E-state index in [1.807, 2.05) is 25.1 Å². The van der Waals surface area contributed by atoms with Crippen molar-refractivity contribution in [2.45, 2.75) is 19.4 Å². The number of nitrogens with one attached hydrogen (secondary N) is 1. The van der Waals surface area contributed by atoms with Gasteiger partial charge in [0, 0.05) is 50.6 Å². The average molecular weight is 345 g/mol. The van der Waals surface area contributed by atoms with Gasteiger partial charge in [-0.25, -0.2) is 9.97 Å². The Hall–Kier alpha value is -1.99. The molecule has 0 fully saturated rings. The summed E-state index contributed by atoms with van der Waals surface area (Å²) in [6, 6.07) is 4.14. The Kier molecular flexibility index (Phi) is 5.42. The van der Waals surface area contributed by atoms with E-state index in [1.54, 1.807) is 17.7 Å². The second kappa shape index (κ2) is 7.72. The van der Waals surface area contributed by atoms with Gasteiger partial charge in [0.15, 0.2) is 0 Å². The molecule has 2 aromatic rings. The normalized spacial score (nSPS) is 14.2. The van der Waals surface area contributed by atoms with Gasteiger partial charge in [0.25, 0.3) is 0 Å². The Bertz CT molecular complexity index is 686. The quantitative estimate of drug-likeness (QED) is 0.856. The van der Waals surface area contributed by atoms with Crippen LogP contribution in [0.25, 0.3) is 0 Å². The van der Waals surface area contributed by atoms with Crippen LogP contribution in [0, 0.1) is 0 Å². The van der Waals surface area contributed by atoms with E-state index in [-0.39, 0.29) is 5.91 Å². The van der Waals surface area contributed by atoms with Crippen LogP contribution in [-0.4, -0.2) is 54.5 Å². The van der Waals surface area contributed by atoms with E-state index in [9.17, 15) is 4.79 Å². The number of thiophene rings is 1. The molecule has 2 aromatic heterocycles. The minimum atomic E-state index is 0.0817. The molecule has 0 atom stereocenters. The number of hydrogen-bond acceptors (Lipinski definition) is 6. The lowest BCUT2D eigenvalue weighted by Crippen LogP contribution is -2.41. The van der Waals surface area contributed by atoms with Crippen molar-refractivity contribution < 1.29 is 4.79 Å². The number of carbonyl (C=O) groups excluding carboxylic acids is 1. The minimum Gasteiger partial charge on any atom is -0.362 e. The molecule has 1 N–H and O–H groups in total. The summed E-state index contributed by atoms with van der Waals surface area (Å²) in [7, 11) is 3.97. The van der Waals surface area contributed by atoms with Crippen LogP contribution in [0.4, 0.5) is 5.82 Å². The van der Waals surface area contributed by atoms with Gasteiger partial charge in [-0.1, -0.05) is 6.07 Å². The highest BCUT2D eigenvalue weighted by molar-refractivity contribution is 7.09. The summed E-state index contributed by atoms with van der Waals surface area (Å²) in [6.45, 7) is 2.69. The zero-order valence-electron chi connectivity index (χ0n) is 14.2. The van der Waals surface area contributed by atoms with E-state index in [1.165, 1.54) is 4.88 Å². The van der Waals surface area contributed by atoms with Crippen LogP contribution in [0.2, 0.25) is 0 Å². The molecule has 0 aliphatic carbocycles. The first kappa shape index (κ1) is 16.9. The molecule has 0 unspecified atom stereocenters. The summed E-state index contributed by atoms with van der Waals surface area (Å²) in [5.74, 6) is 1.03. The standard InChI is InChI=1S/C17H23N5OS/c1-21(2)17-14-10-22(8-6-15(14)19-12-20-17)11-16(23)18-7-5-13-4-3-9-24-13/h3-4,9,12H,5-8,10-11H2,1-2H3,(H,18,23). The fourth-order valence-electron chi connectivity index (χ4n) is 2.94. The van der Waals surface area contributed by atoms with Crippen molar-refractivity contribution in [3.05, 3.63) is 40.0 Å². The van der Waals surface area contributed by atoms with E-state index in [0.29, 0.717) is 13.1 Å². The lowest BCUT2D eigenvalue weighted by atomic mass is 10.1. The molecule has 24 heavy (non-hydrogen) atoms. The third-order valence-electron chi connectivity index (χ3n) is 4.12. The van der Waals surface area contributed by atoms with Crippen LogP contribution in [0.3, 0.4) is 0 Å². The molecule has 0 aromatic carbocycles. The zero-order valence-corrected chi connectivity index (χ0v) is 15.0. The van der Waals surface area contributed by atoms with Crippen molar-refractivity contribution in [2.24, 2.45) is 0 Å². The van der Waals surface area contributed by atoms with Crippen molar-refractivity contribution in [3.8, 4) is 0 Å². The van der Waals surface area contributed by atoms with Crippen LogP contribution >= 0.6 is 11.3 Å². The van der Waals surface area contributed by atoms with Crippen molar-refractivity contribution in [1.29, 1.82) is 0 Å². The maximum absolute atomic E-state index is 12.2. The largest absolute Gasteiger partial charge is 0.362 e. The van der Waals surface area contributed by atoms with Crippen LogP contribution < -0.4 is 10.2 Å². The fourth-order valence-corrected chi connectivity index (χ4v) is 3.65. The van der Waals surface area contributed by atoms with E-state index in [0.717, 1.165) is 43.0 Å². The van der Waals surface area contributed by atoms with E-state index < -0.39 is 0 Å². The summed E-state index contributed by atoms with van der Waals surface area (Å²) in [6.07, 6.45) is 3.38. The Morgan fingerprint density at radius 1 is 1.42 bits per heavy atom. The molecule has 0 radical (unpaired) electrons. The zero-order chi connectivity index (χ0) is 16.9. The molecule has 0 saturated heterocycles. The van der Waals surface area contributed by atoms with Crippen molar-refractivity contribution in [2.75, 3.05) is 38.6 Å². The molecule has 1 amide bonds. The first-order valence-electron chi connectivity index (χ1n) is 8.15. The lowest BCUT2D eigenvalue weighted by Gasteiger charge is -2.29. The first-order valence-corrected chi connectivity index (χ1v) is 9.03. The number of amides is 1. The highest BCUT2D eigenvalue weighted by Gasteiger charge is 2.23. The molecular formula is C17H23N5OS. The van der Waals surface area contributed by atoms with Gasteiger partial charge in [0.2, 0.25) is 5.91 Å². The van der Waals surface area contributed by atoms with Gasteiger partial charge in [-0.2, -0.15) is 0 Å². The molecule has 0 spiro atoms. The Morgan fingerprint density at radius 2 is 2.29 bits per heavy atom. The van der Waals surface area contributed by atoms with Gasteiger partial charge in [-0.3, -0.25) is 9.69 Å². The maximum atomic E-state index is 12.2. The molecule has 6 nitrogen and oxygen atoms in total. The van der Waals surface area contributed by atoms with E-state index in [4.69, 9.17) is 0 Å². The highest BCUT2D eigenvalue weighted by atomic mass is 32.1. The molecule has 1 aliphatic rings. The predicted molar refractivity (Wildman–Crippen MR) is 96.4 cm³/mol. The van der Waals surface area contributed by atoms with Gasteiger partial charge in [-0.05, 0) is 17.9 Å². The molecule has 3 rings (SSSR count).